The molecule has 29 heavy (non-hydrogen) atoms. The van der Waals surface area contributed by atoms with Crippen molar-refractivity contribution in [1.29, 1.82) is 0 Å². The Morgan fingerprint density at radius 2 is 1.97 bits per heavy atom. The third kappa shape index (κ3) is 5.09. The van der Waals surface area contributed by atoms with Crippen molar-refractivity contribution in [2.24, 2.45) is 0 Å². The number of hydrogen-bond donors (Lipinski definition) is 1. The van der Waals surface area contributed by atoms with Gasteiger partial charge in [0.25, 0.3) is 0 Å². The minimum absolute atomic E-state index is 0.0193. The molecular formula is C23H25NO3S2. The van der Waals surface area contributed by atoms with E-state index in [-0.39, 0.29) is 15.3 Å². The van der Waals surface area contributed by atoms with Crippen LogP contribution in [0, 0.1) is 11.8 Å². The second-order valence-electron chi connectivity index (χ2n) is 6.71. The summed E-state index contributed by atoms with van der Waals surface area (Å²) < 4.78 is 5.92. The second kappa shape index (κ2) is 10.1. The Morgan fingerprint density at radius 3 is 2.66 bits per heavy atom. The molecule has 1 aliphatic heterocycles. The first kappa shape index (κ1) is 21.6. The predicted molar refractivity (Wildman–Crippen MR) is 121 cm³/mol. The summed E-state index contributed by atoms with van der Waals surface area (Å²) in [5, 5.41) is 9.32. The average Bonchev–Trinajstić information content (AvgIpc) is 2.75. The summed E-state index contributed by atoms with van der Waals surface area (Å²) in [5.41, 5.74) is 2.43. The zero-order valence-electron chi connectivity index (χ0n) is 16.7. The van der Waals surface area contributed by atoms with Gasteiger partial charge in [0, 0.05) is 23.7 Å². The lowest BCUT2D eigenvalue weighted by Gasteiger charge is -2.38. The largest absolute Gasteiger partial charge is 0.493 e. The number of carboxylic acids is 1. The fourth-order valence-corrected chi connectivity index (χ4v) is 6.13. The van der Waals surface area contributed by atoms with Gasteiger partial charge in [-0.05, 0) is 60.6 Å². The maximum Gasteiger partial charge on any atom is 0.338 e. The smallest absolute Gasteiger partial charge is 0.338 e. The summed E-state index contributed by atoms with van der Waals surface area (Å²) in [6.07, 6.45) is 4.79. The lowest BCUT2D eigenvalue weighted by Crippen LogP contribution is -2.28. The molecule has 3 rings (SSSR count). The number of benzene rings is 1. The van der Waals surface area contributed by atoms with Crippen LogP contribution in [0.2, 0.25) is 0 Å². The Bertz CT molecular complexity index is 925. The van der Waals surface area contributed by atoms with Gasteiger partial charge in [-0.2, -0.15) is 0 Å². The number of fused-ring (bicyclic) bond motifs is 1. The van der Waals surface area contributed by atoms with Crippen molar-refractivity contribution in [1.82, 2.24) is 4.98 Å². The zero-order valence-corrected chi connectivity index (χ0v) is 18.4. The van der Waals surface area contributed by atoms with Gasteiger partial charge in [0.1, 0.15) is 11.4 Å². The van der Waals surface area contributed by atoms with E-state index in [4.69, 9.17) is 4.74 Å². The number of carbonyl (C=O) groups is 1. The third-order valence-electron chi connectivity index (χ3n) is 4.52. The molecule has 0 atom stereocenters. The molecule has 0 fully saturated rings. The number of aromatic nitrogens is 1. The molecule has 0 saturated carbocycles. The fourth-order valence-electron chi connectivity index (χ4n) is 3.15. The van der Waals surface area contributed by atoms with Crippen LogP contribution in [0.3, 0.4) is 0 Å². The summed E-state index contributed by atoms with van der Waals surface area (Å²) in [6, 6.07) is 9.15. The van der Waals surface area contributed by atoms with Crippen LogP contribution in [0.5, 0.6) is 5.75 Å². The molecule has 1 aliphatic rings. The molecule has 0 saturated heterocycles. The van der Waals surface area contributed by atoms with Crippen molar-refractivity contribution < 1.29 is 14.6 Å². The Labute approximate surface area is 180 Å². The number of nitrogens with zero attached hydrogens (tertiary/aromatic N) is 1. The number of thioether (sulfide) groups is 2. The van der Waals surface area contributed by atoms with E-state index >= 15 is 0 Å². The number of carboxylic acid groups (broad SMARTS) is 1. The molecule has 0 bridgehead atoms. The van der Waals surface area contributed by atoms with E-state index in [0.717, 1.165) is 48.7 Å². The summed E-state index contributed by atoms with van der Waals surface area (Å²) >= 11 is 4.00. The van der Waals surface area contributed by atoms with Gasteiger partial charge in [0.2, 0.25) is 0 Å². The molecule has 0 spiro atoms. The van der Waals surface area contributed by atoms with Crippen LogP contribution in [0.4, 0.5) is 0 Å². The molecule has 4 nitrogen and oxygen atoms in total. The van der Waals surface area contributed by atoms with Crippen molar-refractivity contribution in [3.8, 4) is 17.6 Å². The van der Waals surface area contributed by atoms with Crippen molar-refractivity contribution >= 4 is 29.5 Å². The predicted octanol–water partition coefficient (Wildman–Crippen LogP) is 5.40. The Kier molecular flexibility index (Phi) is 7.51. The number of hydrogen-bond acceptors (Lipinski definition) is 5. The van der Waals surface area contributed by atoms with Gasteiger partial charge < -0.3 is 9.84 Å². The molecule has 0 amide bonds. The Morgan fingerprint density at radius 1 is 1.21 bits per heavy atom. The molecule has 1 aromatic heterocycles. The second-order valence-corrected chi connectivity index (χ2v) is 9.76. The highest BCUT2D eigenvalue weighted by atomic mass is 32.2. The van der Waals surface area contributed by atoms with Crippen LogP contribution in [-0.4, -0.2) is 34.2 Å². The first-order chi connectivity index (χ1) is 14.1. The minimum Gasteiger partial charge on any atom is -0.493 e. The SMILES string of the molecule is CCCSC1(SCCC)CCOc2ccc(C#Cc3ncccc3C(=O)O)cc21. The van der Waals surface area contributed by atoms with Crippen LogP contribution in [0.1, 0.15) is 60.3 Å². The lowest BCUT2D eigenvalue weighted by atomic mass is 10.0. The normalized spacial score (nSPS) is 14.3. The van der Waals surface area contributed by atoms with Gasteiger partial charge in [0.15, 0.2) is 0 Å². The van der Waals surface area contributed by atoms with Crippen molar-refractivity contribution in [2.45, 2.75) is 37.2 Å². The van der Waals surface area contributed by atoms with E-state index in [0.29, 0.717) is 0 Å². The first-order valence-electron chi connectivity index (χ1n) is 9.85. The van der Waals surface area contributed by atoms with Crippen molar-refractivity contribution in [3.63, 3.8) is 0 Å². The third-order valence-corrected chi connectivity index (χ3v) is 8.23. The van der Waals surface area contributed by atoms with E-state index in [9.17, 15) is 9.90 Å². The zero-order chi connectivity index (χ0) is 20.7. The molecule has 152 valence electrons. The highest BCUT2D eigenvalue weighted by molar-refractivity contribution is 8.17. The van der Waals surface area contributed by atoms with Crippen molar-refractivity contribution in [3.05, 3.63) is 58.9 Å². The van der Waals surface area contributed by atoms with E-state index < -0.39 is 5.97 Å². The monoisotopic (exact) mass is 427 g/mol. The highest BCUT2D eigenvalue weighted by Gasteiger charge is 2.38. The van der Waals surface area contributed by atoms with Gasteiger partial charge in [-0.3, -0.25) is 0 Å². The molecule has 1 N–H and O–H groups in total. The molecule has 0 aliphatic carbocycles. The number of rotatable bonds is 7. The van der Waals surface area contributed by atoms with Crippen LogP contribution in [0.15, 0.2) is 36.5 Å². The summed E-state index contributed by atoms with van der Waals surface area (Å²) in [6.45, 7) is 5.14. The first-order valence-corrected chi connectivity index (χ1v) is 11.8. The number of ether oxygens (including phenoxy) is 1. The summed E-state index contributed by atoms with van der Waals surface area (Å²) in [5.74, 6) is 8.15. The summed E-state index contributed by atoms with van der Waals surface area (Å²) in [4.78, 5) is 15.5. The maximum absolute atomic E-state index is 11.4. The van der Waals surface area contributed by atoms with Crippen LogP contribution >= 0.6 is 23.5 Å². The summed E-state index contributed by atoms with van der Waals surface area (Å²) in [7, 11) is 0. The van der Waals surface area contributed by atoms with Gasteiger partial charge in [-0.1, -0.05) is 19.8 Å². The van der Waals surface area contributed by atoms with E-state index in [1.165, 1.54) is 11.6 Å². The van der Waals surface area contributed by atoms with Gasteiger partial charge >= 0.3 is 5.97 Å². The van der Waals surface area contributed by atoms with E-state index in [2.05, 4.69) is 36.7 Å². The van der Waals surface area contributed by atoms with Gasteiger partial charge in [-0.25, -0.2) is 9.78 Å². The maximum atomic E-state index is 11.4. The Balaban J connectivity index is 1.98. The Hall–Kier alpha value is -2.10. The number of aromatic carboxylic acids is 1. The fraction of sp³-hybridized carbons (Fsp3) is 0.391. The molecular weight excluding hydrogens is 402 g/mol. The topological polar surface area (TPSA) is 59.4 Å². The molecule has 6 heteroatoms. The van der Waals surface area contributed by atoms with Crippen LogP contribution in [0.25, 0.3) is 0 Å². The average molecular weight is 428 g/mol. The lowest BCUT2D eigenvalue weighted by molar-refractivity contribution is 0.0696. The molecule has 2 heterocycles. The number of pyridine rings is 1. The van der Waals surface area contributed by atoms with E-state index in [1.807, 2.05) is 35.7 Å². The molecule has 2 aromatic rings. The quantitative estimate of drug-likeness (QED) is 0.471. The van der Waals surface area contributed by atoms with Crippen molar-refractivity contribution in [2.75, 3.05) is 18.1 Å². The van der Waals surface area contributed by atoms with Gasteiger partial charge in [-0.15, -0.1) is 23.5 Å². The molecule has 0 unspecified atom stereocenters. The van der Waals surface area contributed by atoms with Crippen LogP contribution < -0.4 is 4.74 Å². The molecule has 1 aromatic carbocycles. The standard InChI is InChI=1S/C23H25NO3S2/c1-3-14-28-23(29-15-4-2)11-13-27-21-10-8-17(16-19(21)23)7-9-20-18(22(25)26)6-5-12-24-20/h5-6,8,10,12,16H,3-4,11,13-15H2,1-2H3,(H,25,26). The highest BCUT2D eigenvalue weighted by Crippen LogP contribution is 2.54. The van der Waals surface area contributed by atoms with E-state index in [1.54, 1.807) is 12.3 Å². The van der Waals surface area contributed by atoms with Gasteiger partial charge in [0.05, 0.1) is 16.2 Å². The van der Waals surface area contributed by atoms with Crippen LogP contribution in [-0.2, 0) is 4.08 Å². The molecule has 0 radical (unpaired) electrons. The minimum atomic E-state index is -1.02.